The Bertz CT molecular complexity index is 1390. The first-order chi connectivity index (χ1) is 17.3. The molecule has 36 heavy (non-hydrogen) atoms. The highest BCUT2D eigenvalue weighted by Crippen LogP contribution is 2.44. The first-order valence-corrected chi connectivity index (χ1v) is 11.1. The summed E-state index contributed by atoms with van der Waals surface area (Å²) in [5.41, 5.74) is 1.22. The van der Waals surface area contributed by atoms with E-state index in [1.807, 2.05) is 0 Å². The number of Topliss-reactive ketones (excluding diaryl/α,β-unsaturated/α-hetero) is 1. The summed E-state index contributed by atoms with van der Waals surface area (Å²) in [6, 6.07) is 11.7. The maximum atomic E-state index is 13.4. The van der Waals surface area contributed by atoms with Crippen molar-refractivity contribution in [3.8, 4) is 11.5 Å². The monoisotopic (exact) mass is 507 g/mol. The van der Waals surface area contributed by atoms with Crippen molar-refractivity contribution in [1.29, 1.82) is 0 Å². The van der Waals surface area contributed by atoms with Crippen molar-refractivity contribution < 1.29 is 29.0 Å². The number of carbonyl (C=O) groups is 3. The van der Waals surface area contributed by atoms with Crippen LogP contribution in [0.1, 0.15) is 24.1 Å². The van der Waals surface area contributed by atoms with Gasteiger partial charge in [0.25, 0.3) is 11.7 Å². The topological polar surface area (TPSA) is 118 Å². The fraction of sp³-hybridized carbons (Fsp3) is 0.154. The number of ether oxygens (including phenoxy) is 2. The molecule has 3 aromatic rings. The predicted molar refractivity (Wildman–Crippen MR) is 134 cm³/mol. The first-order valence-electron chi connectivity index (χ1n) is 10.8. The van der Waals surface area contributed by atoms with Crippen molar-refractivity contribution in [1.82, 2.24) is 4.98 Å². The number of nitrogens with zero attached hydrogens (tertiary/aromatic N) is 2. The summed E-state index contributed by atoms with van der Waals surface area (Å²) in [7, 11) is 2.83. The van der Waals surface area contributed by atoms with Crippen molar-refractivity contribution in [3.05, 3.63) is 82.6 Å². The SMILES string of the molecule is COc1cc(OC)c(/C(O)=C2\C(=O)C(=O)N(c3cccc(NC(C)=O)c3)C2c2cccnc2)cc1Cl. The largest absolute Gasteiger partial charge is 0.507 e. The van der Waals surface area contributed by atoms with Crippen LogP contribution in [0.15, 0.2) is 66.5 Å². The summed E-state index contributed by atoms with van der Waals surface area (Å²) in [5.74, 6) is -2.02. The summed E-state index contributed by atoms with van der Waals surface area (Å²) < 4.78 is 10.6. The van der Waals surface area contributed by atoms with Crippen LogP contribution in [0.25, 0.3) is 5.76 Å². The summed E-state index contributed by atoms with van der Waals surface area (Å²) in [4.78, 5) is 43.6. The number of carbonyl (C=O) groups excluding carboxylic acids is 3. The van der Waals surface area contributed by atoms with Gasteiger partial charge in [0.2, 0.25) is 5.91 Å². The highest BCUT2D eigenvalue weighted by molar-refractivity contribution is 6.51. The molecule has 184 valence electrons. The minimum absolute atomic E-state index is 0.113. The molecule has 10 heteroatoms. The second-order valence-corrected chi connectivity index (χ2v) is 8.28. The van der Waals surface area contributed by atoms with Crippen molar-refractivity contribution in [3.63, 3.8) is 0 Å². The minimum Gasteiger partial charge on any atom is -0.507 e. The fourth-order valence-corrected chi connectivity index (χ4v) is 4.32. The number of halogens is 1. The highest BCUT2D eigenvalue weighted by atomic mass is 35.5. The Kier molecular flexibility index (Phi) is 6.93. The molecule has 1 aliphatic rings. The Labute approximate surface area is 211 Å². The molecule has 2 aromatic carbocycles. The van der Waals surface area contributed by atoms with Gasteiger partial charge in [0.1, 0.15) is 17.3 Å². The van der Waals surface area contributed by atoms with Crippen LogP contribution in [0.5, 0.6) is 11.5 Å². The predicted octanol–water partition coefficient (Wildman–Crippen LogP) is 4.34. The van der Waals surface area contributed by atoms with Gasteiger partial charge in [-0.1, -0.05) is 23.7 Å². The van der Waals surface area contributed by atoms with E-state index < -0.39 is 23.5 Å². The molecule has 1 aliphatic heterocycles. The molecule has 2 amide bonds. The van der Waals surface area contributed by atoms with E-state index in [0.717, 1.165) is 0 Å². The number of aliphatic hydroxyl groups excluding tert-OH is 1. The summed E-state index contributed by atoms with van der Waals surface area (Å²) in [6.07, 6.45) is 3.06. The second-order valence-electron chi connectivity index (χ2n) is 7.87. The zero-order valence-electron chi connectivity index (χ0n) is 19.6. The maximum Gasteiger partial charge on any atom is 0.300 e. The van der Waals surface area contributed by atoms with E-state index >= 15 is 0 Å². The Morgan fingerprint density at radius 3 is 2.47 bits per heavy atom. The zero-order chi connectivity index (χ0) is 26.0. The van der Waals surface area contributed by atoms with Crippen LogP contribution in [0.3, 0.4) is 0 Å². The van der Waals surface area contributed by atoms with Crippen LogP contribution in [0.2, 0.25) is 5.02 Å². The number of methoxy groups -OCH3 is 2. The zero-order valence-corrected chi connectivity index (χ0v) is 20.4. The van der Waals surface area contributed by atoms with Crippen molar-refractivity contribution in [2.45, 2.75) is 13.0 Å². The fourth-order valence-electron chi connectivity index (χ4n) is 4.08. The lowest BCUT2D eigenvalue weighted by Crippen LogP contribution is -2.29. The molecule has 0 spiro atoms. The smallest absolute Gasteiger partial charge is 0.300 e. The van der Waals surface area contributed by atoms with E-state index in [2.05, 4.69) is 10.3 Å². The molecule has 2 N–H and O–H groups in total. The van der Waals surface area contributed by atoms with Gasteiger partial charge in [-0.25, -0.2) is 0 Å². The van der Waals surface area contributed by atoms with Crippen molar-refractivity contribution in [2.24, 2.45) is 0 Å². The number of benzene rings is 2. The van der Waals surface area contributed by atoms with Crippen LogP contribution in [0, 0.1) is 0 Å². The third-order valence-corrected chi connectivity index (χ3v) is 5.91. The summed E-state index contributed by atoms with van der Waals surface area (Å²) >= 11 is 6.29. The number of ketones is 1. The van der Waals surface area contributed by atoms with Gasteiger partial charge in [0, 0.05) is 36.8 Å². The van der Waals surface area contributed by atoms with Crippen molar-refractivity contribution in [2.75, 3.05) is 24.4 Å². The number of pyridine rings is 1. The van der Waals surface area contributed by atoms with E-state index in [1.54, 1.807) is 42.6 Å². The van der Waals surface area contributed by atoms with Gasteiger partial charge in [-0.15, -0.1) is 0 Å². The van der Waals surface area contributed by atoms with Crippen LogP contribution >= 0.6 is 11.6 Å². The highest BCUT2D eigenvalue weighted by Gasteiger charge is 2.47. The normalized spacial score (nSPS) is 16.7. The Morgan fingerprint density at radius 1 is 1.08 bits per heavy atom. The molecular weight excluding hydrogens is 486 g/mol. The van der Waals surface area contributed by atoms with Gasteiger partial charge in [0.15, 0.2) is 0 Å². The van der Waals surface area contributed by atoms with E-state index in [1.165, 1.54) is 44.4 Å². The Hall–Kier alpha value is -4.37. The van der Waals surface area contributed by atoms with Crippen LogP contribution in [-0.4, -0.2) is 41.9 Å². The number of anilines is 2. The number of aromatic nitrogens is 1. The van der Waals surface area contributed by atoms with Gasteiger partial charge in [-0.2, -0.15) is 0 Å². The second kappa shape index (κ2) is 10.1. The van der Waals surface area contributed by atoms with E-state index in [0.29, 0.717) is 22.7 Å². The molecule has 1 fully saturated rings. The van der Waals surface area contributed by atoms with Crippen molar-refractivity contribution >= 4 is 46.3 Å². The number of rotatable bonds is 6. The van der Waals surface area contributed by atoms with Gasteiger partial charge in [0.05, 0.1) is 36.4 Å². The van der Waals surface area contributed by atoms with Gasteiger partial charge in [-0.3, -0.25) is 24.3 Å². The minimum atomic E-state index is -1.02. The Morgan fingerprint density at radius 2 is 1.83 bits per heavy atom. The van der Waals surface area contributed by atoms with E-state index in [4.69, 9.17) is 21.1 Å². The third kappa shape index (κ3) is 4.48. The van der Waals surface area contributed by atoms with Gasteiger partial charge < -0.3 is 19.9 Å². The summed E-state index contributed by atoms with van der Waals surface area (Å²) in [6.45, 7) is 1.36. The number of aliphatic hydroxyl groups is 1. The average molecular weight is 508 g/mol. The lowest BCUT2D eigenvalue weighted by molar-refractivity contribution is -0.132. The molecule has 0 bridgehead atoms. The molecule has 0 radical (unpaired) electrons. The lowest BCUT2D eigenvalue weighted by Gasteiger charge is -2.25. The molecule has 2 heterocycles. The molecular formula is C26H22ClN3O6. The first kappa shape index (κ1) is 24.7. The maximum absolute atomic E-state index is 13.4. The van der Waals surface area contributed by atoms with Gasteiger partial charge >= 0.3 is 0 Å². The molecule has 9 nitrogen and oxygen atoms in total. The lowest BCUT2D eigenvalue weighted by atomic mass is 9.95. The molecule has 0 saturated carbocycles. The van der Waals surface area contributed by atoms with Crippen LogP contribution in [0.4, 0.5) is 11.4 Å². The Balaban J connectivity index is 1.95. The average Bonchev–Trinajstić information content (AvgIpc) is 3.14. The number of hydrogen-bond donors (Lipinski definition) is 2. The standard InChI is InChI=1S/C26H22ClN3O6/c1-14(31)29-16-7-4-8-17(10-16)30-23(15-6-5-9-28-13-15)22(25(33)26(30)34)24(32)18-11-19(27)21(36-3)12-20(18)35-2/h4-13,23,32H,1-3H3,(H,29,31)/b24-22+. The molecule has 0 aliphatic carbocycles. The molecule has 1 atom stereocenters. The molecule has 4 rings (SSSR count). The third-order valence-electron chi connectivity index (χ3n) is 5.62. The molecule has 1 unspecified atom stereocenters. The number of nitrogens with one attached hydrogen (secondary N) is 1. The van der Waals surface area contributed by atoms with Gasteiger partial charge in [-0.05, 0) is 35.9 Å². The molecule has 1 aromatic heterocycles. The van der Waals surface area contributed by atoms with Crippen LogP contribution in [-0.2, 0) is 14.4 Å². The number of hydrogen-bond acceptors (Lipinski definition) is 7. The van der Waals surface area contributed by atoms with Crippen LogP contribution < -0.4 is 19.7 Å². The van der Waals surface area contributed by atoms with E-state index in [-0.39, 0.29) is 27.8 Å². The quantitative estimate of drug-likeness (QED) is 0.289. The summed E-state index contributed by atoms with van der Waals surface area (Å²) in [5, 5.41) is 14.2. The van der Waals surface area contributed by atoms with E-state index in [9.17, 15) is 19.5 Å². The number of amides is 2. The molecule has 1 saturated heterocycles.